The number of aryl methyl sites for hydroxylation is 1. The fraction of sp³-hybridized carbons (Fsp3) is 0.545. The van der Waals surface area contributed by atoms with Crippen LogP contribution in [0.5, 0.6) is 0 Å². The first-order valence-electron chi connectivity index (χ1n) is 11.1. The maximum atomic E-state index is 12.2. The van der Waals surface area contributed by atoms with E-state index in [1.807, 2.05) is 10.7 Å². The Morgan fingerprint density at radius 1 is 1.21 bits per heavy atom. The molecule has 180 valence electrons. The van der Waals surface area contributed by atoms with E-state index in [1.54, 1.807) is 12.1 Å². The second-order valence-electron chi connectivity index (χ2n) is 8.53. The molecule has 0 radical (unpaired) electrons. The zero-order valence-electron chi connectivity index (χ0n) is 18.7. The van der Waals surface area contributed by atoms with Crippen LogP contribution in [0.2, 0.25) is 5.02 Å². The number of fused-ring (bicyclic) bond motifs is 1. The molecule has 2 aromatic rings. The molecule has 0 bridgehead atoms. The first kappa shape index (κ1) is 24.2. The van der Waals surface area contributed by atoms with Crippen molar-refractivity contribution in [3.8, 4) is 11.3 Å². The van der Waals surface area contributed by atoms with Gasteiger partial charge in [-0.1, -0.05) is 17.7 Å². The minimum Gasteiger partial charge on any atom is -0.481 e. The van der Waals surface area contributed by atoms with Gasteiger partial charge in [-0.05, 0) is 24.1 Å². The lowest BCUT2D eigenvalue weighted by atomic mass is 9.99. The molecular formula is C22H29ClN4O5S. The number of carboxylic acid groups (broad SMARTS) is 1. The molecule has 33 heavy (non-hydrogen) atoms. The summed E-state index contributed by atoms with van der Waals surface area (Å²) in [5.41, 5.74) is 3.86. The van der Waals surface area contributed by atoms with Gasteiger partial charge >= 0.3 is 5.97 Å². The summed E-state index contributed by atoms with van der Waals surface area (Å²) in [5.74, 6) is -0.965. The molecule has 0 saturated carbocycles. The molecule has 0 amide bonds. The average molecular weight is 497 g/mol. The minimum absolute atomic E-state index is 0.190. The van der Waals surface area contributed by atoms with Crippen LogP contribution in [0.1, 0.15) is 23.2 Å². The van der Waals surface area contributed by atoms with E-state index in [0.717, 1.165) is 62.6 Å². The normalized spacial score (nSPS) is 17.8. The maximum absolute atomic E-state index is 12.2. The molecule has 1 N–H and O–H groups in total. The van der Waals surface area contributed by atoms with E-state index >= 15 is 0 Å². The van der Waals surface area contributed by atoms with E-state index < -0.39 is 16.0 Å². The van der Waals surface area contributed by atoms with Crippen molar-refractivity contribution in [1.82, 2.24) is 19.0 Å². The molecule has 1 aromatic heterocycles. The number of rotatable bonds is 8. The van der Waals surface area contributed by atoms with Gasteiger partial charge in [-0.2, -0.15) is 9.40 Å². The highest BCUT2D eigenvalue weighted by Crippen LogP contribution is 2.33. The lowest BCUT2D eigenvalue weighted by Crippen LogP contribution is -2.37. The van der Waals surface area contributed by atoms with Crippen LogP contribution in [0.4, 0.5) is 0 Å². The zero-order valence-corrected chi connectivity index (χ0v) is 20.2. The Balaban J connectivity index is 1.64. The van der Waals surface area contributed by atoms with E-state index in [-0.39, 0.29) is 13.0 Å². The molecule has 4 rings (SSSR count). The molecule has 0 atom stereocenters. The number of ether oxygens (including phenoxy) is 1. The molecule has 2 aliphatic heterocycles. The number of sulfonamides is 1. The van der Waals surface area contributed by atoms with Crippen LogP contribution < -0.4 is 0 Å². The van der Waals surface area contributed by atoms with Gasteiger partial charge < -0.3 is 9.84 Å². The van der Waals surface area contributed by atoms with Gasteiger partial charge in [-0.3, -0.25) is 14.4 Å². The standard InChI is InChI=1S/C22H29ClN4O5S/c1-33(30,31)26-8-5-20-18(15-26)22(16-3-4-19(23)17(13-16)14-21(28)29)24-27(20)7-2-6-25-9-11-32-12-10-25/h3-4,13H,2,5-12,14-15H2,1H3,(H,28,29). The van der Waals surface area contributed by atoms with Gasteiger partial charge in [0.05, 0.1) is 31.6 Å². The van der Waals surface area contributed by atoms with Crippen molar-refractivity contribution >= 4 is 27.6 Å². The Morgan fingerprint density at radius 3 is 2.67 bits per heavy atom. The molecule has 11 heteroatoms. The fourth-order valence-corrected chi connectivity index (χ4v) is 5.43. The van der Waals surface area contributed by atoms with Crippen LogP contribution in [0, 0.1) is 0 Å². The maximum Gasteiger partial charge on any atom is 0.307 e. The molecule has 0 unspecified atom stereocenters. The van der Waals surface area contributed by atoms with Gasteiger partial charge in [-0.25, -0.2) is 8.42 Å². The zero-order chi connectivity index (χ0) is 23.6. The van der Waals surface area contributed by atoms with Crippen molar-refractivity contribution in [2.24, 2.45) is 0 Å². The van der Waals surface area contributed by atoms with Crippen LogP contribution in [0.25, 0.3) is 11.3 Å². The predicted octanol–water partition coefficient (Wildman–Crippen LogP) is 1.87. The Kier molecular flexibility index (Phi) is 7.40. The number of morpholine rings is 1. The molecule has 0 aliphatic carbocycles. The third-order valence-corrected chi connectivity index (χ3v) is 7.80. The van der Waals surface area contributed by atoms with Gasteiger partial charge in [0.2, 0.25) is 10.0 Å². The van der Waals surface area contributed by atoms with Crippen LogP contribution in [0.15, 0.2) is 18.2 Å². The lowest BCUT2D eigenvalue weighted by Gasteiger charge is -2.27. The first-order valence-corrected chi connectivity index (χ1v) is 13.3. The number of aliphatic carboxylic acids is 1. The Labute approximate surface area is 198 Å². The lowest BCUT2D eigenvalue weighted by molar-refractivity contribution is -0.136. The Morgan fingerprint density at radius 2 is 1.97 bits per heavy atom. The second-order valence-corrected chi connectivity index (χ2v) is 10.9. The summed E-state index contributed by atoms with van der Waals surface area (Å²) in [4.78, 5) is 13.6. The number of halogens is 1. The summed E-state index contributed by atoms with van der Waals surface area (Å²) in [6.45, 7) is 5.75. The van der Waals surface area contributed by atoms with Crippen LogP contribution in [-0.2, 0) is 45.5 Å². The average Bonchev–Trinajstić information content (AvgIpc) is 3.13. The molecule has 2 aliphatic rings. The monoisotopic (exact) mass is 496 g/mol. The van der Waals surface area contributed by atoms with Crippen molar-refractivity contribution in [3.05, 3.63) is 40.0 Å². The van der Waals surface area contributed by atoms with E-state index in [0.29, 0.717) is 29.2 Å². The number of benzene rings is 1. The van der Waals surface area contributed by atoms with Crippen molar-refractivity contribution < 1.29 is 23.1 Å². The fourth-order valence-electron chi connectivity index (χ4n) is 4.46. The highest BCUT2D eigenvalue weighted by atomic mass is 35.5. The largest absolute Gasteiger partial charge is 0.481 e. The van der Waals surface area contributed by atoms with Crippen LogP contribution in [0.3, 0.4) is 0 Å². The SMILES string of the molecule is CS(=O)(=O)N1CCc2c(c(-c3ccc(Cl)c(CC(=O)O)c3)nn2CCCN2CCOCC2)C1. The topological polar surface area (TPSA) is 105 Å². The highest BCUT2D eigenvalue weighted by molar-refractivity contribution is 7.88. The Hall–Kier alpha value is -1.98. The summed E-state index contributed by atoms with van der Waals surface area (Å²) in [6, 6.07) is 5.24. The first-order chi connectivity index (χ1) is 15.7. The van der Waals surface area contributed by atoms with Crippen LogP contribution >= 0.6 is 11.6 Å². The molecule has 1 aromatic carbocycles. The van der Waals surface area contributed by atoms with Gasteiger partial charge in [0.1, 0.15) is 0 Å². The summed E-state index contributed by atoms with van der Waals surface area (Å²) in [7, 11) is -3.34. The second kappa shape index (κ2) is 10.1. The smallest absolute Gasteiger partial charge is 0.307 e. The number of carboxylic acids is 1. The number of hydrogen-bond donors (Lipinski definition) is 1. The minimum atomic E-state index is -3.34. The summed E-state index contributed by atoms with van der Waals surface area (Å²) < 4.78 is 33.3. The Bertz CT molecular complexity index is 1130. The highest BCUT2D eigenvalue weighted by Gasteiger charge is 2.30. The molecular weight excluding hydrogens is 468 g/mol. The molecule has 9 nitrogen and oxygen atoms in total. The number of nitrogens with zero attached hydrogens (tertiary/aromatic N) is 4. The number of aromatic nitrogens is 2. The van der Waals surface area contributed by atoms with E-state index in [2.05, 4.69) is 4.90 Å². The van der Waals surface area contributed by atoms with Crippen molar-refractivity contribution in [2.75, 3.05) is 45.6 Å². The van der Waals surface area contributed by atoms with Crippen LogP contribution in [-0.4, -0.2) is 84.1 Å². The van der Waals surface area contributed by atoms with Crippen molar-refractivity contribution in [1.29, 1.82) is 0 Å². The third-order valence-electron chi connectivity index (χ3n) is 6.18. The number of hydrogen-bond acceptors (Lipinski definition) is 6. The van der Waals surface area contributed by atoms with Gasteiger partial charge in [0.15, 0.2) is 0 Å². The molecule has 3 heterocycles. The van der Waals surface area contributed by atoms with E-state index in [4.69, 9.17) is 21.4 Å². The summed E-state index contributed by atoms with van der Waals surface area (Å²) in [6.07, 6.45) is 2.54. The van der Waals surface area contributed by atoms with E-state index in [1.165, 1.54) is 10.6 Å². The van der Waals surface area contributed by atoms with Crippen molar-refractivity contribution in [2.45, 2.75) is 32.4 Å². The quantitative estimate of drug-likeness (QED) is 0.594. The predicted molar refractivity (Wildman–Crippen MR) is 125 cm³/mol. The summed E-state index contributed by atoms with van der Waals surface area (Å²) >= 11 is 6.21. The van der Waals surface area contributed by atoms with Gasteiger partial charge in [-0.15, -0.1) is 0 Å². The molecule has 1 fully saturated rings. The van der Waals surface area contributed by atoms with Gasteiger partial charge in [0.25, 0.3) is 0 Å². The van der Waals surface area contributed by atoms with Gasteiger partial charge in [0, 0.05) is 67.5 Å². The van der Waals surface area contributed by atoms with Crippen molar-refractivity contribution in [3.63, 3.8) is 0 Å². The number of carbonyl (C=O) groups is 1. The van der Waals surface area contributed by atoms with E-state index in [9.17, 15) is 18.3 Å². The molecule has 1 saturated heterocycles. The summed E-state index contributed by atoms with van der Waals surface area (Å²) in [5, 5.41) is 14.5. The third kappa shape index (κ3) is 5.75. The molecule has 0 spiro atoms.